The van der Waals surface area contributed by atoms with Crippen LogP contribution in [0.3, 0.4) is 0 Å². The molecule has 0 aromatic heterocycles. The highest BCUT2D eigenvalue weighted by molar-refractivity contribution is 7.87. The maximum absolute atomic E-state index is 11.8. The molecule has 0 aliphatic heterocycles. The van der Waals surface area contributed by atoms with Gasteiger partial charge in [-0.2, -0.15) is 12.7 Å². The van der Waals surface area contributed by atoms with Crippen molar-refractivity contribution in [2.75, 3.05) is 26.7 Å². The van der Waals surface area contributed by atoms with E-state index in [1.54, 1.807) is 14.0 Å². The fraction of sp³-hybridized carbons (Fsp3) is 1.00. The van der Waals surface area contributed by atoms with Crippen LogP contribution in [0.5, 0.6) is 0 Å². The molecule has 0 aromatic rings. The lowest BCUT2D eigenvalue weighted by Gasteiger charge is -2.36. The van der Waals surface area contributed by atoms with Crippen LogP contribution >= 0.6 is 0 Å². The molecule has 0 radical (unpaired) electrons. The molecule has 0 amide bonds. The van der Waals surface area contributed by atoms with Gasteiger partial charge in [-0.05, 0) is 12.8 Å². The molecule has 6 heteroatoms. The van der Waals surface area contributed by atoms with Crippen LogP contribution in [0, 0.1) is 5.41 Å². The summed E-state index contributed by atoms with van der Waals surface area (Å²) in [6.07, 6.45) is 5.14. The molecule has 1 fully saturated rings. The highest BCUT2D eigenvalue weighted by atomic mass is 32.2. The Hall–Kier alpha value is -0.170. The van der Waals surface area contributed by atoms with Gasteiger partial charge in [0.25, 0.3) is 10.2 Å². The molecule has 0 heterocycles. The van der Waals surface area contributed by atoms with Crippen molar-refractivity contribution in [3.05, 3.63) is 0 Å². The summed E-state index contributed by atoms with van der Waals surface area (Å²) in [5, 5.41) is 9.49. The standard InChI is InChI=1S/C11H24N2O3S/c1-3-13(2)17(15,16)12-9-11(10-14)7-5-4-6-8-11/h12,14H,3-10H2,1-2H3. The summed E-state index contributed by atoms with van der Waals surface area (Å²) in [6, 6.07) is 0. The summed E-state index contributed by atoms with van der Waals surface area (Å²) in [6.45, 7) is 2.64. The van der Waals surface area contributed by atoms with Gasteiger partial charge in [-0.15, -0.1) is 0 Å². The second kappa shape index (κ2) is 6.13. The third-order valence-corrected chi connectivity index (χ3v) is 5.32. The third kappa shape index (κ3) is 3.91. The highest BCUT2D eigenvalue weighted by Crippen LogP contribution is 2.35. The Bertz CT molecular complexity index is 324. The van der Waals surface area contributed by atoms with Gasteiger partial charge in [0.1, 0.15) is 0 Å². The van der Waals surface area contributed by atoms with E-state index in [-0.39, 0.29) is 12.0 Å². The molecule has 5 nitrogen and oxygen atoms in total. The minimum Gasteiger partial charge on any atom is -0.396 e. The quantitative estimate of drug-likeness (QED) is 0.742. The summed E-state index contributed by atoms with van der Waals surface area (Å²) < 4.78 is 27.5. The number of hydrogen-bond acceptors (Lipinski definition) is 3. The monoisotopic (exact) mass is 264 g/mol. The predicted molar refractivity (Wildman–Crippen MR) is 67.8 cm³/mol. The number of nitrogens with one attached hydrogen (secondary N) is 1. The number of rotatable bonds is 6. The molecule has 2 N–H and O–H groups in total. The predicted octanol–water partition coefficient (Wildman–Crippen LogP) is 0.715. The fourth-order valence-corrected chi connectivity index (χ4v) is 3.27. The van der Waals surface area contributed by atoms with E-state index >= 15 is 0 Å². The van der Waals surface area contributed by atoms with E-state index in [9.17, 15) is 13.5 Å². The Kier molecular flexibility index (Phi) is 5.37. The molecular formula is C11H24N2O3S. The summed E-state index contributed by atoms with van der Waals surface area (Å²) >= 11 is 0. The van der Waals surface area contributed by atoms with Crippen LogP contribution in [0.4, 0.5) is 0 Å². The van der Waals surface area contributed by atoms with Crippen molar-refractivity contribution in [3.8, 4) is 0 Å². The number of aliphatic hydroxyl groups is 1. The first-order chi connectivity index (χ1) is 7.96. The van der Waals surface area contributed by atoms with Crippen molar-refractivity contribution in [3.63, 3.8) is 0 Å². The van der Waals surface area contributed by atoms with Crippen molar-refractivity contribution in [2.24, 2.45) is 5.41 Å². The van der Waals surface area contributed by atoms with E-state index in [4.69, 9.17) is 0 Å². The third-order valence-electron chi connectivity index (χ3n) is 3.73. The van der Waals surface area contributed by atoms with Crippen molar-refractivity contribution in [1.29, 1.82) is 0 Å². The Labute approximate surface area is 104 Å². The maximum atomic E-state index is 11.8. The lowest BCUT2D eigenvalue weighted by atomic mass is 9.75. The summed E-state index contributed by atoms with van der Waals surface area (Å²) in [7, 11) is -1.84. The fourth-order valence-electron chi connectivity index (χ4n) is 2.22. The van der Waals surface area contributed by atoms with Gasteiger partial charge >= 0.3 is 0 Å². The van der Waals surface area contributed by atoms with Gasteiger partial charge in [0.2, 0.25) is 0 Å². The molecule has 0 bridgehead atoms. The van der Waals surface area contributed by atoms with Crippen LogP contribution in [0.15, 0.2) is 0 Å². The summed E-state index contributed by atoms with van der Waals surface area (Å²) in [5.41, 5.74) is -0.250. The molecule has 0 aromatic carbocycles. The van der Waals surface area contributed by atoms with Crippen LogP contribution in [-0.2, 0) is 10.2 Å². The SMILES string of the molecule is CCN(C)S(=O)(=O)NCC1(CO)CCCCC1. The van der Waals surface area contributed by atoms with Crippen molar-refractivity contribution < 1.29 is 13.5 Å². The molecule has 17 heavy (non-hydrogen) atoms. The lowest BCUT2D eigenvalue weighted by Crippen LogP contribution is -2.46. The molecule has 1 saturated carbocycles. The number of hydrogen-bond donors (Lipinski definition) is 2. The Morgan fingerprint density at radius 1 is 1.29 bits per heavy atom. The van der Waals surface area contributed by atoms with Gasteiger partial charge < -0.3 is 5.11 Å². The van der Waals surface area contributed by atoms with E-state index in [0.29, 0.717) is 13.1 Å². The van der Waals surface area contributed by atoms with E-state index < -0.39 is 10.2 Å². The molecule has 1 rings (SSSR count). The van der Waals surface area contributed by atoms with Crippen LogP contribution in [0.1, 0.15) is 39.0 Å². The first-order valence-electron chi connectivity index (χ1n) is 6.27. The van der Waals surface area contributed by atoms with Gasteiger partial charge in [-0.25, -0.2) is 4.72 Å². The molecule has 0 saturated heterocycles. The largest absolute Gasteiger partial charge is 0.396 e. The van der Waals surface area contributed by atoms with Crippen molar-refractivity contribution in [2.45, 2.75) is 39.0 Å². The minimum atomic E-state index is -3.39. The molecule has 0 spiro atoms. The zero-order valence-electron chi connectivity index (χ0n) is 10.8. The van der Waals surface area contributed by atoms with Crippen LogP contribution < -0.4 is 4.72 Å². The van der Waals surface area contributed by atoms with Gasteiger partial charge in [-0.1, -0.05) is 26.2 Å². The second-order valence-electron chi connectivity index (χ2n) is 4.96. The van der Waals surface area contributed by atoms with Crippen molar-refractivity contribution >= 4 is 10.2 Å². The van der Waals surface area contributed by atoms with E-state index in [2.05, 4.69) is 4.72 Å². The zero-order valence-corrected chi connectivity index (χ0v) is 11.6. The Morgan fingerprint density at radius 2 is 1.88 bits per heavy atom. The van der Waals surface area contributed by atoms with Gasteiger partial charge in [0.05, 0.1) is 0 Å². The first-order valence-corrected chi connectivity index (χ1v) is 7.71. The van der Waals surface area contributed by atoms with Gasteiger partial charge in [-0.3, -0.25) is 0 Å². The topological polar surface area (TPSA) is 69.6 Å². The summed E-state index contributed by atoms with van der Waals surface area (Å²) in [5.74, 6) is 0. The molecule has 102 valence electrons. The van der Waals surface area contributed by atoms with Gasteiger partial charge in [0.15, 0.2) is 0 Å². The second-order valence-corrected chi connectivity index (χ2v) is 6.82. The van der Waals surface area contributed by atoms with Crippen LogP contribution in [0.2, 0.25) is 0 Å². The van der Waals surface area contributed by atoms with E-state index in [1.165, 1.54) is 10.7 Å². The molecule has 1 aliphatic carbocycles. The first kappa shape index (κ1) is 14.9. The van der Waals surface area contributed by atoms with Crippen LogP contribution in [-0.4, -0.2) is 44.6 Å². The van der Waals surface area contributed by atoms with E-state index in [1.807, 2.05) is 0 Å². The Balaban J connectivity index is 2.58. The smallest absolute Gasteiger partial charge is 0.279 e. The lowest BCUT2D eigenvalue weighted by molar-refractivity contribution is 0.0864. The molecule has 0 atom stereocenters. The average Bonchev–Trinajstić information content (AvgIpc) is 2.36. The normalized spacial score (nSPS) is 20.7. The van der Waals surface area contributed by atoms with Crippen LogP contribution in [0.25, 0.3) is 0 Å². The maximum Gasteiger partial charge on any atom is 0.279 e. The summed E-state index contributed by atoms with van der Waals surface area (Å²) in [4.78, 5) is 0. The average molecular weight is 264 g/mol. The molecular weight excluding hydrogens is 240 g/mol. The minimum absolute atomic E-state index is 0.0609. The molecule has 0 unspecified atom stereocenters. The highest BCUT2D eigenvalue weighted by Gasteiger charge is 2.33. The van der Waals surface area contributed by atoms with Gasteiger partial charge in [0, 0.05) is 32.2 Å². The van der Waals surface area contributed by atoms with Crippen molar-refractivity contribution in [1.82, 2.24) is 9.03 Å². The molecule has 1 aliphatic rings. The number of nitrogens with zero attached hydrogens (tertiary/aromatic N) is 1. The Morgan fingerprint density at radius 3 is 2.35 bits per heavy atom. The zero-order chi connectivity index (χ0) is 12.9. The number of aliphatic hydroxyl groups excluding tert-OH is 1. The van der Waals surface area contributed by atoms with E-state index in [0.717, 1.165) is 25.7 Å².